The summed E-state index contributed by atoms with van der Waals surface area (Å²) >= 11 is 0. The van der Waals surface area contributed by atoms with E-state index < -0.39 is 10.0 Å². The smallest absolute Gasteiger partial charge is 0.246 e. The first kappa shape index (κ1) is 14.6. The second kappa shape index (κ2) is 4.61. The largest absolute Gasteiger partial charge is 0.465 e. The maximum Gasteiger partial charge on any atom is 0.246 e. The first-order valence-electron chi connectivity index (χ1n) is 6.47. The third-order valence-corrected chi connectivity index (χ3v) is 5.84. The minimum absolute atomic E-state index is 0.0335. The van der Waals surface area contributed by atoms with Crippen molar-refractivity contribution in [2.45, 2.75) is 45.1 Å². The van der Waals surface area contributed by atoms with E-state index in [1.165, 1.54) is 4.31 Å². The number of hydrogen-bond acceptors (Lipinski definition) is 4. The second-order valence-electron chi connectivity index (χ2n) is 6.00. The van der Waals surface area contributed by atoms with Crippen molar-refractivity contribution in [3.8, 4) is 0 Å². The van der Waals surface area contributed by atoms with Crippen molar-refractivity contribution in [2.75, 3.05) is 13.1 Å². The minimum atomic E-state index is -3.48. The molecule has 1 aromatic rings. The van der Waals surface area contributed by atoms with E-state index in [0.29, 0.717) is 31.0 Å². The number of hydrogen-bond donors (Lipinski definition) is 1. The molecule has 0 spiro atoms. The molecule has 1 saturated heterocycles. The first-order valence-corrected chi connectivity index (χ1v) is 7.91. The topological polar surface area (TPSA) is 76.5 Å². The van der Waals surface area contributed by atoms with E-state index >= 15 is 0 Å². The summed E-state index contributed by atoms with van der Waals surface area (Å²) in [6, 6.07) is 1.62. The van der Waals surface area contributed by atoms with E-state index in [-0.39, 0.29) is 16.4 Å². The van der Waals surface area contributed by atoms with Gasteiger partial charge >= 0.3 is 0 Å². The van der Waals surface area contributed by atoms with Crippen molar-refractivity contribution in [1.29, 1.82) is 0 Å². The van der Waals surface area contributed by atoms with Gasteiger partial charge in [0.15, 0.2) is 0 Å². The fraction of sp³-hybridized carbons (Fsp3) is 0.692. The van der Waals surface area contributed by atoms with Crippen LogP contribution >= 0.6 is 0 Å². The summed E-state index contributed by atoms with van der Waals surface area (Å²) in [4.78, 5) is 0.274. The Hall–Kier alpha value is -0.850. The molecule has 2 N–H and O–H groups in total. The highest BCUT2D eigenvalue weighted by Crippen LogP contribution is 2.32. The Morgan fingerprint density at radius 2 is 2.05 bits per heavy atom. The Morgan fingerprint density at radius 3 is 2.53 bits per heavy atom. The lowest BCUT2D eigenvalue weighted by Gasteiger charge is -2.41. The molecule has 108 valence electrons. The van der Waals surface area contributed by atoms with Gasteiger partial charge in [0, 0.05) is 19.1 Å². The lowest BCUT2D eigenvalue weighted by molar-refractivity contribution is 0.155. The second-order valence-corrected chi connectivity index (χ2v) is 7.91. The standard InChI is InChI=1S/C13H22N2O3S/c1-9-7-11(10(2)18-9)19(16,17)15-6-5-12(14)13(3,4)8-15/h7,12H,5-6,8,14H2,1-4H3. The molecule has 0 bridgehead atoms. The predicted octanol–water partition coefficient (Wildman–Crippen LogP) is 1.64. The summed E-state index contributed by atoms with van der Waals surface area (Å²) in [7, 11) is -3.48. The van der Waals surface area contributed by atoms with Crippen molar-refractivity contribution >= 4 is 10.0 Å². The van der Waals surface area contributed by atoms with Crippen LogP contribution in [0.5, 0.6) is 0 Å². The molecule has 0 saturated carbocycles. The van der Waals surface area contributed by atoms with Crippen LogP contribution in [0.15, 0.2) is 15.4 Å². The number of sulfonamides is 1. The van der Waals surface area contributed by atoms with Gasteiger partial charge in [0.2, 0.25) is 10.0 Å². The van der Waals surface area contributed by atoms with Gasteiger partial charge in [-0.2, -0.15) is 4.31 Å². The molecule has 1 aliphatic rings. The van der Waals surface area contributed by atoms with Crippen molar-refractivity contribution in [3.05, 3.63) is 17.6 Å². The van der Waals surface area contributed by atoms with Crippen LogP contribution < -0.4 is 5.73 Å². The number of nitrogens with two attached hydrogens (primary N) is 1. The van der Waals surface area contributed by atoms with Gasteiger partial charge in [-0.15, -0.1) is 0 Å². The number of rotatable bonds is 2. The normalized spacial score (nSPS) is 24.6. The van der Waals surface area contributed by atoms with E-state index in [1.807, 2.05) is 13.8 Å². The maximum absolute atomic E-state index is 12.6. The first-order chi connectivity index (χ1) is 8.64. The summed E-state index contributed by atoms with van der Waals surface area (Å²) < 4.78 is 32.1. The van der Waals surface area contributed by atoms with E-state index in [1.54, 1.807) is 19.9 Å². The summed E-state index contributed by atoms with van der Waals surface area (Å²) in [5, 5.41) is 0. The van der Waals surface area contributed by atoms with Crippen LogP contribution in [0.25, 0.3) is 0 Å². The monoisotopic (exact) mass is 286 g/mol. The predicted molar refractivity (Wildman–Crippen MR) is 73.3 cm³/mol. The molecule has 1 fully saturated rings. The lowest BCUT2D eigenvalue weighted by Crippen LogP contribution is -2.53. The van der Waals surface area contributed by atoms with Gasteiger partial charge in [-0.3, -0.25) is 0 Å². The molecule has 1 aliphatic heterocycles. The summed E-state index contributed by atoms with van der Waals surface area (Å²) in [5.41, 5.74) is 5.84. The average molecular weight is 286 g/mol. The van der Waals surface area contributed by atoms with Crippen molar-refractivity contribution in [2.24, 2.45) is 11.1 Å². The molecule has 2 heterocycles. The zero-order chi connectivity index (χ0) is 14.4. The molecule has 1 unspecified atom stereocenters. The highest BCUT2D eigenvalue weighted by Gasteiger charge is 2.39. The third kappa shape index (κ3) is 2.57. The van der Waals surface area contributed by atoms with Crippen LogP contribution in [0.3, 0.4) is 0 Å². The fourth-order valence-electron chi connectivity index (χ4n) is 2.53. The van der Waals surface area contributed by atoms with Crippen LogP contribution in [0.4, 0.5) is 0 Å². The molecule has 2 rings (SSSR count). The molecule has 1 aromatic heterocycles. The van der Waals surface area contributed by atoms with E-state index in [2.05, 4.69) is 0 Å². The molecule has 0 amide bonds. The highest BCUT2D eigenvalue weighted by atomic mass is 32.2. The minimum Gasteiger partial charge on any atom is -0.465 e. The number of nitrogens with zero attached hydrogens (tertiary/aromatic N) is 1. The molecule has 0 aromatic carbocycles. The van der Waals surface area contributed by atoms with Crippen LogP contribution in [-0.4, -0.2) is 31.9 Å². The fourth-order valence-corrected chi connectivity index (χ4v) is 4.38. The Bertz CT molecular complexity index is 575. The Morgan fingerprint density at radius 1 is 1.42 bits per heavy atom. The van der Waals surface area contributed by atoms with Gasteiger partial charge in [0.1, 0.15) is 16.4 Å². The Labute approximate surface area is 114 Å². The molecule has 19 heavy (non-hydrogen) atoms. The molecule has 6 heteroatoms. The van der Waals surface area contributed by atoms with Gasteiger partial charge in [-0.05, 0) is 31.7 Å². The molecule has 5 nitrogen and oxygen atoms in total. The Kier molecular flexibility index (Phi) is 3.53. The molecule has 1 atom stereocenters. The quantitative estimate of drug-likeness (QED) is 0.896. The van der Waals surface area contributed by atoms with Crippen LogP contribution in [0, 0.1) is 19.3 Å². The Balaban J connectivity index is 2.34. The molecule has 0 radical (unpaired) electrons. The zero-order valence-electron chi connectivity index (χ0n) is 11.9. The van der Waals surface area contributed by atoms with Gasteiger partial charge < -0.3 is 10.2 Å². The molecular formula is C13H22N2O3S. The number of piperidine rings is 1. The summed E-state index contributed by atoms with van der Waals surface area (Å²) in [6.45, 7) is 8.36. The molecule has 0 aliphatic carbocycles. The van der Waals surface area contributed by atoms with Crippen molar-refractivity contribution in [1.82, 2.24) is 4.31 Å². The van der Waals surface area contributed by atoms with E-state index in [4.69, 9.17) is 10.2 Å². The lowest BCUT2D eigenvalue weighted by atomic mass is 9.81. The van der Waals surface area contributed by atoms with Gasteiger partial charge in [0.25, 0.3) is 0 Å². The number of aryl methyl sites for hydroxylation is 2. The van der Waals surface area contributed by atoms with Crippen LogP contribution in [-0.2, 0) is 10.0 Å². The SMILES string of the molecule is Cc1cc(S(=O)(=O)N2CCC(N)C(C)(C)C2)c(C)o1. The van der Waals surface area contributed by atoms with Gasteiger partial charge in [0.05, 0.1) is 0 Å². The number of furan rings is 1. The summed E-state index contributed by atoms with van der Waals surface area (Å²) in [5.74, 6) is 1.06. The average Bonchev–Trinajstić information content (AvgIpc) is 2.62. The van der Waals surface area contributed by atoms with Crippen molar-refractivity contribution in [3.63, 3.8) is 0 Å². The van der Waals surface area contributed by atoms with Crippen LogP contribution in [0.2, 0.25) is 0 Å². The van der Waals surface area contributed by atoms with E-state index in [9.17, 15) is 8.42 Å². The maximum atomic E-state index is 12.6. The highest BCUT2D eigenvalue weighted by molar-refractivity contribution is 7.89. The van der Waals surface area contributed by atoms with Gasteiger partial charge in [-0.25, -0.2) is 8.42 Å². The molecular weight excluding hydrogens is 264 g/mol. The third-order valence-electron chi connectivity index (χ3n) is 3.89. The van der Waals surface area contributed by atoms with Crippen LogP contribution in [0.1, 0.15) is 31.8 Å². The summed E-state index contributed by atoms with van der Waals surface area (Å²) in [6.07, 6.45) is 0.683. The van der Waals surface area contributed by atoms with E-state index in [0.717, 1.165) is 0 Å². The van der Waals surface area contributed by atoms with Gasteiger partial charge in [-0.1, -0.05) is 13.8 Å². The zero-order valence-corrected chi connectivity index (χ0v) is 12.8. The van der Waals surface area contributed by atoms with Crippen molar-refractivity contribution < 1.29 is 12.8 Å².